The number of rotatable bonds is 16. The van der Waals surface area contributed by atoms with Crippen molar-refractivity contribution < 1.29 is 93.9 Å². The van der Waals surface area contributed by atoms with Gasteiger partial charge in [0.1, 0.15) is 48.2 Å². The molecular formula is C50H78O19S2. The van der Waals surface area contributed by atoms with Gasteiger partial charge in [0.15, 0.2) is 24.8 Å². The van der Waals surface area contributed by atoms with E-state index >= 15 is 0 Å². The second kappa shape index (κ2) is 21.7. The third-order valence-corrected chi connectivity index (χ3v) is 18.7. The summed E-state index contributed by atoms with van der Waals surface area (Å²) in [6.07, 6.45) is -13.3. The topological polar surface area (TPSA) is 309 Å². The van der Waals surface area contributed by atoms with Crippen LogP contribution in [0.2, 0.25) is 0 Å². The van der Waals surface area contributed by atoms with Crippen molar-refractivity contribution in [1.29, 1.82) is 0 Å². The first-order valence-electron chi connectivity index (χ1n) is 24.8. The molecule has 0 aromatic heterocycles. The second-order valence-electron chi connectivity index (χ2n) is 21.9. The van der Waals surface area contributed by atoms with Crippen LogP contribution in [0.3, 0.4) is 0 Å². The van der Waals surface area contributed by atoms with E-state index in [1.54, 1.807) is 13.8 Å². The molecule has 19 nitrogen and oxygen atoms in total. The number of hydrogen-bond acceptors (Lipinski definition) is 20. The van der Waals surface area contributed by atoms with Crippen LogP contribution < -0.4 is 0 Å². The predicted molar refractivity (Wildman–Crippen MR) is 259 cm³/mol. The van der Waals surface area contributed by atoms with Crippen molar-refractivity contribution in [1.82, 2.24) is 0 Å². The van der Waals surface area contributed by atoms with Crippen molar-refractivity contribution in [3.05, 3.63) is 35.1 Å². The Morgan fingerprint density at radius 3 is 2.14 bits per heavy atom. The molecule has 5 aliphatic carbocycles. The second-order valence-corrected chi connectivity index (χ2v) is 23.6. The van der Waals surface area contributed by atoms with Gasteiger partial charge < -0.3 is 79.5 Å². The fourth-order valence-electron chi connectivity index (χ4n) is 13.3. The summed E-state index contributed by atoms with van der Waals surface area (Å²) in [6.45, 7) is 14.1. The third-order valence-electron chi connectivity index (χ3n) is 17.7. The number of esters is 2. The maximum atomic E-state index is 13.3. The molecule has 6 aliphatic rings. The van der Waals surface area contributed by atoms with Crippen LogP contribution >= 0.6 is 25.3 Å². The molecular weight excluding hydrogens is 969 g/mol. The number of fused-ring (bicyclic) bond motifs is 7. The highest BCUT2D eigenvalue weighted by molar-refractivity contribution is 7.82. The van der Waals surface area contributed by atoms with Crippen molar-refractivity contribution in [3.63, 3.8) is 0 Å². The highest BCUT2D eigenvalue weighted by Gasteiger charge is 2.73. The lowest BCUT2D eigenvalue weighted by Gasteiger charge is -2.69. The smallest absolute Gasteiger partial charge is 0.333 e. The van der Waals surface area contributed by atoms with Crippen LogP contribution in [0.1, 0.15) is 107 Å². The number of carboxylic acid groups (broad SMARTS) is 1. The van der Waals surface area contributed by atoms with Crippen molar-refractivity contribution in [2.45, 2.75) is 197 Å². The van der Waals surface area contributed by atoms with E-state index in [2.05, 4.69) is 26.5 Å². The molecule has 404 valence electrons. The van der Waals surface area contributed by atoms with Crippen LogP contribution in [0.15, 0.2) is 35.1 Å². The molecule has 0 aromatic rings. The minimum atomic E-state index is -2.13. The Hall–Kier alpha value is -2.35. The lowest BCUT2D eigenvalue weighted by Crippen LogP contribution is -2.75. The average molecular weight is 1050 g/mol. The molecule has 71 heavy (non-hydrogen) atoms. The molecule has 23 atom stereocenters. The van der Waals surface area contributed by atoms with E-state index in [9.17, 15) is 65.4 Å². The Morgan fingerprint density at radius 1 is 0.901 bits per heavy atom. The molecule has 0 spiro atoms. The van der Waals surface area contributed by atoms with E-state index in [1.165, 1.54) is 26.8 Å². The van der Waals surface area contributed by atoms with E-state index in [-0.39, 0.29) is 29.6 Å². The fraction of sp³-hybridized carbons (Fsp3) is 0.820. The van der Waals surface area contributed by atoms with Crippen LogP contribution in [-0.4, -0.2) is 172 Å². The highest BCUT2D eigenvalue weighted by atomic mass is 32.1. The molecule has 12 unspecified atom stereocenters. The number of carboxylic acids is 1. The van der Waals surface area contributed by atoms with E-state index in [4.69, 9.17) is 41.0 Å². The van der Waals surface area contributed by atoms with Crippen molar-refractivity contribution >= 4 is 43.2 Å². The minimum Gasteiger partial charge on any atom is -0.513 e. The van der Waals surface area contributed by atoms with Gasteiger partial charge in [-0.25, -0.2) is 9.59 Å². The lowest BCUT2D eigenvalue weighted by atomic mass is 9.37. The molecule has 10 N–H and O–H groups in total. The summed E-state index contributed by atoms with van der Waals surface area (Å²) < 4.78 is 34.9. The summed E-state index contributed by atoms with van der Waals surface area (Å²) in [6, 6.07) is 0. The number of thiol groups is 2. The summed E-state index contributed by atoms with van der Waals surface area (Å²) in [7, 11) is 0. The molecule has 4 saturated carbocycles. The van der Waals surface area contributed by atoms with Gasteiger partial charge in [-0.05, 0) is 114 Å². The van der Waals surface area contributed by atoms with Gasteiger partial charge in [-0.2, -0.15) is 12.6 Å². The minimum absolute atomic E-state index is 0.158. The van der Waals surface area contributed by atoms with Crippen molar-refractivity contribution in [2.24, 2.45) is 45.8 Å². The van der Waals surface area contributed by atoms with E-state index in [0.29, 0.717) is 44.1 Å². The fourth-order valence-corrected chi connectivity index (χ4v) is 14.3. The number of aliphatic hydroxyl groups is 9. The Labute approximate surface area is 426 Å². The molecule has 0 bridgehead atoms. The van der Waals surface area contributed by atoms with Crippen LogP contribution in [0.25, 0.3) is 0 Å². The van der Waals surface area contributed by atoms with Crippen molar-refractivity contribution in [2.75, 3.05) is 13.2 Å². The number of carbonyl (C=O) groups is 3. The van der Waals surface area contributed by atoms with Gasteiger partial charge in [0.05, 0.1) is 42.0 Å². The Kier molecular flexibility index (Phi) is 17.7. The highest BCUT2D eigenvalue weighted by Crippen LogP contribution is 2.72. The molecule has 1 aliphatic heterocycles. The van der Waals surface area contributed by atoms with Crippen LogP contribution in [0, 0.1) is 45.8 Å². The molecule has 1 saturated heterocycles. The number of hydrogen-bond donors (Lipinski definition) is 12. The van der Waals surface area contributed by atoms with Gasteiger partial charge in [0, 0.05) is 16.2 Å². The summed E-state index contributed by atoms with van der Waals surface area (Å²) in [5.41, 5.74) is -2.21. The molecule has 6 rings (SSSR count). The predicted octanol–water partition coefficient (Wildman–Crippen LogP) is 2.49. The molecule has 21 heteroatoms. The molecule has 5 fully saturated rings. The van der Waals surface area contributed by atoms with Gasteiger partial charge in [0.25, 0.3) is 0 Å². The van der Waals surface area contributed by atoms with Gasteiger partial charge in [0.2, 0.25) is 0 Å². The maximum absolute atomic E-state index is 13.3. The SMILES string of the molecule is C/C=C(/C)C(=O)O[C@H]1[C@H](O)[C@@]2(COC(=O)C(C)CC)C(C[C@]1(O)S)C1=CCC3[C@@](C)(CCC4[C@]3(C)CC[C@H](OC(OC(C)C(=O)O)[C@H](/C=C(\C)O)OC3OC(CO)C(O)C(O)C3O)[C@@]4(C)S)C1[C@@H](O)[C@H]2O. The maximum Gasteiger partial charge on any atom is 0.333 e. The third kappa shape index (κ3) is 10.4. The zero-order valence-corrected chi connectivity index (χ0v) is 43.8. The van der Waals surface area contributed by atoms with E-state index < -0.39 is 155 Å². The molecule has 1 heterocycles. The van der Waals surface area contributed by atoms with Crippen LogP contribution in [0.5, 0.6) is 0 Å². The first-order chi connectivity index (χ1) is 33.0. The van der Waals surface area contributed by atoms with Gasteiger partial charge in [-0.15, -0.1) is 12.6 Å². The Balaban J connectivity index is 1.34. The zero-order chi connectivity index (χ0) is 53.1. The number of carbonyl (C=O) groups excluding carboxylic acids is 2. The zero-order valence-electron chi connectivity index (χ0n) is 42.0. The van der Waals surface area contributed by atoms with Gasteiger partial charge in [-0.1, -0.05) is 45.4 Å². The monoisotopic (exact) mass is 1050 g/mol. The molecule has 0 aromatic carbocycles. The number of ether oxygens (including phenoxy) is 6. The normalized spacial score (nSPS) is 45.4. The summed E-state index contributed by atoms with van der Waals surface area (Å²) in [5, 5.41) is 112. The summed E-state index contributed by atoms with van der Waals surface area (Å²) >= 11 is 9.94. The Morgan fingerprint density at radius 2 is 1.55 bits per heavy atom. The molecule has 0 amide bonds. The summed E-state index contributed by atoms with van der Waals surface area (Å²) in [5.74, 6) is -5.59. The van der Waals surface area contributed by atoms with Crippen LogP contribution in [0.4, 0.5) is 0 Å². The number of allylic oxidation sites excluding steroid dienone is 3. The quantitative estimate of drug-likeness (QED) is 0.0264. The first-order valence-corrected chi connectivity index (χ1v) is 25.7. The van der Waals surface area contributed by atoms with Crippen molar-refractivity contribution in [3.8, 4) is 0 Å². The Bertz CT molecular complexity index is 2040. The number of aliphatic carboxylic acids is 1. The van der Waals surface area contributed by atoms with E-state index in [0.717, 1.165) is 6.08 Å². The molecule has 0 radical (unpaired) electrons. The lowest BCUT2D eigenvalue weighted by molar-refractivity contribution is -0.332. The van der Waals surface area contributed by atoms with E-state index in [1.807, 2.05) is 19.9 Å². The largest absolute Gasteiger partial charge is 0.513 e. The standard InChI is InChI=1S/C50H78O19S2/c1-10-22(3)42(61)64-21-49-27(19-50(63,71)40(39(49)58)69-43(62)23(4)11-2)26-12-13-30-46(7)17-15-32(48(9,70)31(46)14-16-47(30,8)33(26)35(54)38(49)57)68-44(65-25(6)41(59)60)28(18-24(5)52)66-45-37(56)36(55)34(53)29(20-51)67-45/h11-12,18,22,25,27-40,44-45,51-58,63,70-71H,10,13-17,19-21H2,1-9H3,(H,59,60)/b23-11-,24-18+/t22?,25?,27?,28-,29?,30?,31?,32-,33?,34?,35+,36?,37?,38+,39-,40-,44?,45?,46+,47+,48-,49-,50-/m0/s1. The first kappa shape index (κ1) is 57.9. The number of aliphatic hydroxyl groups excluding tert-OH is 8. The van der Waals surface area contributed by atoms with Gasteiger partial charge in [-0.3, -0.25) is 4.79 Å². The average Bonchev–Trinajstić information content (AvgIpc) is 3.30. The van der Waals surface area contributed by atoms with Crippen LogP contribution in [-0.2, 0) is 42.8 Å². The summed E-state index contributed by atoms with van der Waals surface area (Å²) in [4.78, 5) is 36.5. The van der Waals surface area contributed by atoms with Gasteiger partial charge >= 0.3 is 17.9 Å².